The van der Waals surface area contributed by atoms with Crippen molar-refractivity contribution in [3.05, 3.63) is 71.8 Å². The maximum Gasteiger partial charge on any atom is 0.261 e. The number of amides is 2. The Morgan fingerprint density at radius 3 is 2.15 bits per heavy atom. The van der Waals surface area contributed by atoms with Crippen molar-refractivity contribution in [2.75, 3.05) is 43.0 Å². The van der Waals surface area contributed by atoms with Gasteiger partial charge in [0.15, 0.2) is 0 Å². The van der Waals surface area contributed by atoms with Gasteiger partial charge in [-0.25, -0.2) is 0 Å². The van der Waals surface area contributed by atoms with Crippen molar-refractivity contribution in [1.82, 2.24) is 4.90 Å². The van der Waals surface area contributed by atoms with Gasteiger partial charge in [0.2, 0.25) is 0 Å². The van der Waals surface area contributed by atoms with E-state index in [1.165, 1.54) is 10.6 Å². The van der Waals surface area contributed by atoms with Crippen molar-refractivity contribution >= 4 is 34.0 Å². The first-order chi connectivity index (χ1) is 16.6. The molecule has 5 nitrogen and oxygen atoms in total. The number of rotatable bonds is 11. The molecule has 0 aromatic heterocycles. The topological polar surface area (TPSA) is 43.9 Å². The maximum absolute atomic E-state index is 13.2. The predicted octanol–water partition coefficient (Wildman–Crippen LogP) is 5.98. The van der Waals surface area contributed by atoms with Gasteiger partial charge in [-0.2, -0.15) is 0 Å². The number of anilines is 2. The molecule has 0 atom stereocenters. The Morgan fingerprint density at radius 2 is 1.44 bits per heavy atom. The van der Waals surface area contributed by atoms with Gasteiger partial charge in [0.05, 0.1) is 0 Å². The summed E-state index contributed by atoms with van der Waals surface area (Å²) in [6, 6.07) is 20.3. The number of likely N-dealkylation sites (N-methyl/N-ethyl adjacent to an activating group) is 1. The van der Waals surface area contributed by atoms with E-state index in [4.69, 9.17) is 0 Å². The molecule has 2 amide bonds. The molecule has 0 bridgehead atoms. The zero-order valence-corrected chi connectivity index (χ0v) is 20.6. The monoisotopic (exact) mass is 457 g/mol. The number of hydrogen-bond acceptors (Lipinski definition) is 4. The molecule has 0 saturated carbocycles. The molecule has 0 unspecified atom stereocenters. The minimum Gasteiger partial charge on any atom is -0.372 e. The molecule has 0 saturated heterocycles. The Hall–Kier alpha value is -3.34. The van der Waals surface area contributed by atoms with E-state index in [-0.39, 0.29) is 11.8 Å². The van der Waals surface area contributed by atoms with E-state index in [1.807, 2.05) is 30.3 Å². The Kier molecular flexibility index (Phi) is 7.51. The number of carbonyl (C=O) groups excluding carboxylic acids is 2. The van der Waals surface area contributed by atoms with Gasteiger partial charge in [-0.15, -0.1) is 0 Å². The molecular formula is C29H35N3O2. The van der Waals surface area contributed by atoms with Gasteiger partial charge < -0.3 is 9.80 Å². The lowest BCUT2D eigenvalue weighted by Gasteiger charge is -2.31. The van der Waals surface area contributed by atoms with Crippen molar-refractivity contribution < 1.29 is 9.59 Å². The van der Waals surface area contributed by atoms with E-state index in [9.17, 15) is 9.59 Å². The fourth-order valence-electron chi connectivity index (χ4n) is 4.73. The van der Waals surface area contributed by atoms with Gasteiger partial charge in [-0.05, 0) is 43.2 Å². The molecule has 0 aliphatic carbocycles. The van der Waals surface area contributed by atoms with Crippen molar-refractivity contribution in [3.8, 4) is 0 Å². The van der Waals surface area contributed by atoms with Crippen molar-refractivity contribution in [1.29, 1.82) is 0 Å². The van der Waals surface area contributed by atoms with Crippen LogP contribution in [-0.2, 0) is 0 Å². The highest BCUT2D eigenvalue weighted by Crippen LogP contribution is 2.35. The zero-order chi connectivity index (χ0) is 24.1. The number of unbranched alkanes of at least 4 members (excludes halogenated alkanes) is 2. The molecule has 1 heterocycles. The van der Waals surface area contributed by atoms with Crippen LogP contribution in [-0.4, -0.2) is 49.9 Å². The summed E-state index contributed by atoms with van der Waals surface area (Å²) in [6.07, 6.45) is 4.07. The third kappa shape index (κ3) is 4.65. The van der Waals surface area contributed by atoms with Crippen LogP contribution >= 0.6 is 0 Å². The molecule has 178 valence electrons. The van der Waals surface area contributed by atoms with Crippen LogP contribution in [0.5, 0.6) is 0 Å². The first kappa shape index (κ1) is 23.8. The third-order valence-electron chi connectivity index (χ3n) is 6.72. The van der Waals surface area contributed by atoms with E-state index in [0.29, 0.717) is 17.7 Å². The SMILES string of the molecule is CCCCN1C(=O)c2cccc3c(N(C)CCN(CCCC)c4ccccc4)ccc(c23)C1=O. The highest BCUT2D eigenvalue weighted by molar-refractivity contribution is 6.26. The number of carbonyl (C=O) groups is 2. The minimum absolute atomic E-state index is 0.175. The molecule has 3 aromatic carbocycles. The van der Waals surface area contributed by atoms with Crippen LogP contribution in [0.15, 0.2) is 60.7 Å². The van der Waals surface area contributed by atoms with Crippen LogP contribution < -0.4 is 9.80 Å². The van der Waals surface area contributed by atoms with Gasteiger partial charge in [0.25, 0.3) is 11.8 Å². The molecule has 5 heteroatoms. The molecule has 1 aliphatic heterocycles. The summed E-state index contributed by atoms with van der Waals surface area (Å²) in [7, 11) is 2.09. The highest BCUT2D eigenvalue weighted by Gasteiger charge is 2.33. The molecule has 0 fully saturated rings. The van der Waals surface area contributed by atoms with Crippen LogP contribution in [0, 0.1) is 0 Å². The molecule has 0 radical (unpaired) electrons. The molecule has 3 aromatic rings. The second kappa shape index (κ2) is 10.7. The largest absolute Gasteiger partial charge is 0.372 e. The van der Waals surface area contributed by atoms with Gasteiger partial charge in [-0.1, -0.05) is 57.0 Å². The Labute approximate surface area is 203 Å². The standard InChI is InChI=1S/C29H35N3O2/c1-4-6-18-31(22-12-9-8-10-13-22)21-20-30(3)26-17-16-25-27-23(26)14-11-15-24(27)28(33)32(29(25)34)19-7-5-2/h8-17H,4-7,18-21H2,1-3H3. The zero-order valence-electron chi connectivity index (χ0n) is 20.6. The average Bonchev–Trinajstić information content (AvgIpc) is 2.87. The lowest BCUT2D eigenvalue weighted by molar-refractivity contribution is 0.0608. The number of benzene rings is 3. The van der Waals surface area contributed by atoms with Gasteiger partial charge in [-0.3, -0.25) is 14.5 Å². The lowest BCUT2D eigenvalue weighted by atomic mass is 9.92. The van der Waals surface area contributed by atoms with Crippen LogP contribution in [0.4, 0.5) is 11.4 Å². The second-order valence-corrected chi connectivity index (χ2v) is 9.07. The van der Waals surface area contributed by atoms with E-state index >= 15 is 0 Å². The van der Waals surface area contributed by atoms with Crippen LogP contribution in [0.3, 0.4) is 0 Å². The van der Waals surface area contributed by atoms with E-state index in [2.05, 4.69) is 61.0 Å². The van der Waals surface area contributed by atoms with Crippen LogP contribution in [0.25, 0.3) is 10.8 Å². The summed E-state index contributed by atoms with van der Waals surface area (Å²) in [5, 5.41) is 1.76. The smallest absolute Gasteiger partial charge is 0.261 e. The fraction of sp³-hybridized carbons (Fsp3) is 0.379. The number of para-hydroxylation sites is 1. The first-order valence-corrected chi connectivity index (χ1v) is 12.5. The predicted molar refractivity (Wildman–Crippen MR) is 141 cm³/mol. The van der Waals surface area contributed by atoms with Crippen LogP contribution in [0.1, 0.15) is 60.2 Å². The van der Waals surface area contributed by atoms with Gasteiger partial charge >= 0.3 is 0 Å². The average molecular weight is 458 g/mol. The quantitative estimate of drug-likeness (QED) is 0.332. The highest BCUT2D eigenvalue weighted by atomic mass is 16.2. The molecular weight excluding hydrogens is 422 g/mol. The number of imide groups is 1. The summed E-state index contributed by atoms with van der Waals surface area (Å²) in [5.74, 6) is -0.350. The fourth-order valence-corrected chi connectivity index (χ4v) is 4.73. The van der Waals surface area contributed by atoms with E-state index in [0.717, 1.165) is 61.8 Å². The molecule has 34 heavy (non-hydrogen) atoms. The van der Waals surface area contributed by atoms with Crippen LogP contribution in [0.2, 0.25) is 0 Å². The van der Waals surface area contributed by atoms with Crippen molar-refractivity contribution in [2.45, 2.75) is 39.5 Å². The second-order valence-electron chi connectivity index (χ2n) is 9.07. The summed E-state index contributed by atoms with van der Waals surface area (Å²) in [5.41, 5.74) is 3.55. The molecule has 1 aliphatic rings. The summed E-state index contributed by atoms with van der Waals surface area (Å²) in [6.45, 7) is 7.51. The van der Waals surface area contributed by atoms with Crippen molar-refractivity contribution in [3.63, 3.8) is 0 Å². The molecule has 0 spiro atoms. The summed E-state index contributed by atoms with van der Waals surface area (Å²) < 4.78 is 0. The number of hydrogen-bond donors (Lipinski definition) is 0. The van der Waals surface area contributed by atoms with E-state index in [1.54, 1.807) is 0 Å². The molecule has 0 N–H and O–H groups in total. The van der Waals surface area contributed by atoms with Gasteiger partial charge in [0.1, 0.15) is 0 Å². The summed E-state index contributed by atoms with van der Waals surface area (Å²) >= 11 is 0. The number of nitrogens with zero attached hydrogens (tertiary/aromatic N) is 3. The van der Waals surface area contributed by atoms with Crippen molar-refractivity contribution in [2.24, 2.45) is 0 Å². The lowest BCUT2D eigenvalue weighted by Crippen LogP contribution is -2.41. The third-order valence-corrected chi connectivity index (χ3v) is 6.72. The minimum atomic E-state index is -0.175. The molecule has 4 rings (SSSR count). The maximum atomic E-state index is 13.2. The Balaban J connectivity index is 1.61. The van der Waals surface area contributed by atoms with E-state index < -0.39 is 0 Å². The normalized spacial score (nSPS) is 13.0. The first-order valence-electron chi connectivity index (χ1n) is 12.5. The Bertz CT molecular complexity index is 1140. The van der Waals surface area contributed by atoms with Gasteiger partial charge in [0, 0.05) is 66.5 Å². The summed E-state index contributed by atoms with van der Waals surface area (Å²) in [4.78, 5) is 32.4. The Morgan fingerprint density at radius 1 is 0.735 bits per heavy atom.